The van der Waals surface area contributed by atoms with Crippen LogP contribution in [0.25, 0.3) is 0 Å². The van der Waals surface area contributed by atoms with E-state index in [0.29, 0.717) is 12.3 Å². The fourth-order valence-electron chi connectivity index (χ4n) is 2.30. The zero-order valence-electron chi connectivity index (χ0n) is 10.2. The van der Waals surface area contributed by atoms with Gasteiger partial charge in [0.2, 0.25) is 0 Å². The van der Waals surface area contributed by atoms with E-state index in [0.717, 1.165) is 26.1 Å². The molecule has 0 aromatic heterocycles. The van der Waals surface area contributed by atoms with Crippen LogP contribution in [0.15, 0.2) is 0 Å². The van der Waals surface area contributed by atoms with Crippen molar-refractivity contribution in [3.63, 3.8) is 0 Å². The molecule has 1 N–H and O–H groups in total. The van der Waals surface area contributed by atoms with Crippen molar-refractivity contribution in [3.8, 4) is 0 Å². The van der Waals surface area contributed by atoms with Gasteiger partial charge in [-0.3, -0.25) is 4.79 Å². The quantitative estimate of drug-likeness (QED) is 0.699. The van der Waals surface area contributed by atoms with Gasteiger partial charge < -0.3 is 10.0 Å². The third-order valence-corrected chi connectivity index (χ3v) is 4.02. The second-order valence-electron chi connectivity index (χ2n) is 4.46. The van der Waals surface area contributed by atoms with Crippen LogP contribution in [0.1, 0.15) is 32.6 Å². The van der Waals surface area contributed by atoms with Crippen LogP contribution in [-0.4, -0.2) is 47.1 Å². The average molecular weight is 245 g/mol. The lowest BCUT2D eigenvalue weighted by atomic mass is 9.95. The third kappa shape index (κ3) is 5.75. The van der Waals surface area contributed by atoms with E-state index in [4.69, 9.17) is 5.11 Å². The molecule has 0 aromatic carbocycles. The summed E-state index contributed by atoms with van der Waals surface area (Å²) in [6.45, 7) is 5.48. The van der Waals surface area contributed by atoms with Gasteiger partial charge >= 0.3 is 5.97 Å². The summed E-state index contributed by atoms with van der Waals surface area (Å²) in [5, 5.41) is 8.78. The predicted molar refractivity (Wildman–Crippen MR) is 69.0 cm³/mol. The maximum absolute atomic E-state index is 10.7. The summed E-state index contributed by atoms with van der Waals surface area (Å²) < 4.78 is 0. The molecule has 94 valence electrons. The first-order valence-electron chi connectivity index (χ1n) is 6.24. The lowest BCUT2D eigenvalue weighted by molar-refractivity contribution is -0.138. The normalized spacial score (nSPS) is 22.2. The number of nitrogens with zero attached hydrogens (tertiary/aromatic N) is 1. The maximum atomic E-state index is 10.7. The van der Waals surface area contributed by atoms with Gasteiger partial charge in [-0.2, -0.15) is 11.8 Å². The van der Waals surface area contributed by atoms with Crippen molar-refractivity contribution in [2.24, 2.45) is 5.92 Å². The molecule has 0 aromatic rings. The smallest absolute Gasteiger partial charge is 0.303 e. The first-order valence-corrected chi connectivity index (χ1v) is 7.39. The summed E-state index contributed by atoms with van der Waals surface area (Å²) in [6, 6.07) is 0. The fraction of sp³-hybridized carbons (Fsp3) is 0.917. The van der Waals surface area contributed by atoms with Gasteiger partial charge in [0, 0.05) is 13.0 Å². The number of carboxylic acids is 1. The summed E-state index contributed by atoms with van der Waals surface area (Å²) in [7, 11) is 0. The van der Waals surface area contributed by atoms with Crippen molar-refractivity contribution < 1.29 is 9.90 Å². The van der Waals surface area contributed by atoms with Crippen LogP contribution in [0, 0.1) is 5.92 Å². The van der Waals surface area contributed by atoms with Gasteiger partial charge in [-0.25, -0.2) is 0 Å². The molecule has 1 fully saturated rings. The number of piperidine rings is 1. The third-order valence-electron chi connectivity index (χ3n) is 3.03. The molecule has 1 aliphatic rings. The minimum Gasteiger partial charge on any atom is -0.481 e. The zero-order chi connectivity index (χ0) is 11.8. The Kier molecular flexibility index (Phi) is 6.88. The number of thioether (sulfide) groups is 1. The number of hydrogen-bond acceptors (Lipinski definition) is 3. The van der Waals surface area contributed by atoms with Gasteiger partial charge in [0.1, 0.15) is 0 Å². The highest BCUT2D eigenvalue weighted by atomic mass is 32.2. The van der Waals surface area contributed by atoms with E-state index in [9.17, 15) is 4.79 Å². The highest BCUT2D eigenvalue weighted by molar-refractivity contribution is 7.99. The van der Waals surface area contributed by atoms with Crippen LogP contribution in [-0.2, 0) is 4.79 Å². The first kappa shape index (κ1) is 13.8. The highest BCUT2D eigenvalue weighted by Crippen LogP contribution is 2.19. The van der Waals surface area contributed by atoms with Crippen molar-refractivity contribution in [1.29, 1.82) is 0 Å². The minimum absolute atomic E-state index is 0.347. The Morgan fingerprint density at radius 3 is 3.06 bits per heavy atom. The number of carbonyl (C=O) groups is 1. The van der Waals surface area contributed by atoms with Crippen molar-refractivity contribution in [2.75, 3.05) is 31.1 Å². The maximum Gasteiger partial charge on any atom is 0.303 e. The van der Waals surface area contributed by atoms with Gasteiger partial charge in [-0.05, 0) is 49.8 Å². The number of hydrogen-bond donors (Lipinski definition) is 1. The topological polar surface area (TPSA) is 40.5 Å². The molecule has 0 bridgehead atoms. The number of aliphatic carboxylic acids is 1. The van der Waals surface area contributed by atoms with E-state index in [-0.39, 0.29) is 0 Å². The summed E-state index contributed by atoms with van der Waals surface area (Å²) in [4.78, 5) is 13.1. The lowest BCUT2D eigenvalue weighted by Gasteiger charge is -2.31. The van der Waals surface area contributed by atoms with Gasteiger partial charge in [0.25, 0.3) is 0 Å². The largest absolute Gasteiger partial charge is 0.481 e. The average Bonchev–Trinajstić information content (AvgIpc) is 2.24. The molecule has 1 rings (SSSR count). The van der Waals surface area contributed by atoms with Crippen molar-refractivity contribution >= 4 is 17.7 Å². The van der Waals surface area contributed by atoms with Crippen LogP contribution >= 0.6 is 11.8 Å². The SMILES string of the molecule is CCSCCCN1CCCC(CC(=O)O)C1. The molecule has 16 heavy (non-hydrogen) atoms. The van der Waals surface area contributed by atoms with Crippen LogP contribution < -0.4 is 0 Å². The first-order chi connectivity index (χ1) is 7.72. The van der Waals surface area contributed by atoms with Crippen LogP contribution in [0.5, 0.6) is 0 Å². The number of rotatable bonds is 7. The second kappa shape index (κ2) is 7.96. The van der Waals surface area contributed by atoms with E-state index in [1.54, 1.807) is 0 Å². The molecule has 0 amide bonds. The Balaban J connectivity index is 2.14. The van der Waals surface area contributed by atoms with E-state index in [1.807, 2.05) is 11.8 Å². The number of carboxylic acid groups (broad SMARTS) is 1. The van der Waals surface area contributed by atoms with E-state index in [2.05, 4.69) is 11.8 Å². The molecule has 1 heterocycles. The van der Waals surface area contributed by atoms with Crippen LogP contribution in [0.3, 0.4) is 0 Å². The van der Waals surface area contributed by atoms with Gasteiger partial charge in [0.05, 0.1) is 0 Å². The summed E-state index contributed by atoms with van der Waals surface area (Å²) in [5.41, 5.74) is 0. The van der Waals surface area contributed by atoms with Crippen molar-refractivity contribution in [1.82, 2.24) is 4.90 Å². The predicted octanol–water partition coefficient (Wildman–Crippen LogP) is 2.32. The molecule has 1 aliphatic heterocycles. The van der Waals surface area contributed by atoms with Gasteiger partial charge in [0.15, 0.2) is 0 Å². The Morgan fingerprint density at radius 2 is 2.38 bits per heavy atom. The minimum atomic E-state index is -0.645. The van der Waals surface area contributed by atoms with E-state index in [1.165, 1.54) is 24.3 Å². The van der Waals surface area contributed by atoms with E-state index < -0.39 is 5.97 Å². The lowest BCUT2D eigenvalue weighted by Crippen LogP contribution is -2.37. The molecular formula is C12H23NO2S. The Bertz CT molecular complexity index is 211. The monoisotopic (exact) mass is 245 g/mol. The van der Waals surface area contributed by atoms with Crippen molar-refractivity contribution in [2.45, 2.75) is 32.6 Å². The Hall–Kier alpha value is -0.220. The molecule has 0 radical (unpaired) electrons. The summed E-state index contributed by atoms with van der Waals surface area (Å²) >= 11 is 1.99. The molecule has 0 saturated carbocycles. The van der Waals surface area contributed by atoms with Crippen molar-refractivity contribution in [3.05, 3.63) is 0 Å². The molecule has 4 heteroatoms. The highest BCUT2D eigenvalue weighted by Gasteiger charge is 2.21. The second-order valence-corrected chi connectivity index (χ2v) is 5.85. The van der Waals surface area contributed by atoms with Crippen LogP contribution in [0.2, 0.25) is 0 Å². The van der Waals surface area contributed by atoms with Gasteiger partial charge in [-0.15, -0.1) is 0 Å². The molecule has 1 unspecified atom stereocenters. The molecule has 0 spiro atoms. The molecular weight excluding hydrogens is 222 g/mol. The van der Waals surface area contributed by atoms with E-state index >= 15 is 0 Å². The van der Waals surface area contributed by atoms with Crippen LogP contribution in [0.4, 0.5) is 0 Å². The fourth-order valence-corrected chi connectivity index (χ4v) is 2.92. The molecule has 0 aliphatic carbocycles. The molecule has 3 nitrogen and oxygen atoms in total. The van der Waals surface area contributed by atoms with Gasteiger partial charge in [-0.1, -0.05) is 6.92 Å². The summed E-state index contributed by atoms with van der Waals surface area (Å²) in [6.07, 6.45) is 3.84. The Morgan fingerprint density at radius 1 is 1.56 bits per heavy atom. The molecule has 1 saturated heterocycles. The zero-order valence-corrected chi connectivity index (χ0v) is 11.0. The molecule has 1 atom stereocenters. The standard InChI is InChI=1S/C12H23NO2S/c1-2-16-8-4-7-13-6-3-5-11(10-13)9-12(14)15/h11H,2-10H2,1H3,(H,14,15). The Labute approximate surface area is 103 Å². The number of likely N-dealkylation sites (tertiary alicyclic amines) is 1. The summed E-state index contributed by atoms with van der Waals surface area (Å²) in [5.74, 6) is 2.16.